The Hall–Kier alpha value is -3.40. The van der Waals surface area contributed by atoms with Crippen LogP contribution in [0.2, 0.25) is 0 Å². The summed E-state index contributed by atoms with van der Waals surface area (Å²) in [5, 5.41) is 8.87. The molecule has 2 N–H and O–H groups in total. The summed E-state index contributed by atoms with van der Waals surface area (Å²) < 4.78 is 15.4. The van der Waals surface area contributed by atoms with Crippen LogP contribution < -0.4 is 10.6 Å². The van der Waals surface area contributed by atoms with Crippen LogP contribution in [0.3, 0.4) is 0 Å². The summed E-state index contributed by atoms with van der Waals surface area (Å²) in [6.07, 6.45) is 4.35. The zero-order valence-electron chi connectivity index (χ0n) is 17.3. The molecule has 1 unspecified atom stereocenters. The second-order valence-electron chi connectivity index (χ2n) is 7.62. The van der Waals surface area contributed by atoms with Crippen LogP contribution in [0.1, 0.15) is 39.1 Å². The first-order valence-corrected chi connectivity index (χ1v) is 10.9. The van der Waals surface area contributed by atoms with Crippen molar-refractivity contribution in [3.8, 4) is 27.6 Å². The molecule has 1 aliphatic rings. The van der Waals surface area contributed by atoms with Crippen LogP contribution in [0.25, 0.3) is 27.6 Å². The van der Waals surface area contributed by atoms with Gasteiger partial charge in [-0.2, -0.15) is 0 Å². The first kappa shape index (κ1) is 19.6. The number of nitrogens with zero attached hydrogens (tertiary/aromatic N) is 7. The smallest absolute Gasteiger partial charge is 0.181 e. The van der Waals surface area contributed by atoms with Crippen LogP contribution in [-0.4, -0.2) is 35.8 Å². The minimum Gasteiger partial charge on any atom is -0.375 e. The maximum Gasteiger partial charge on any atom is 0.181 e. The van der Waals surface area contributed by atoms with Crippen molar-refractivity contribution in [2.75, 3.05) is 10.6 Å². The molecule has 8 nitrogen and oxygen atoms in total. The predicted molar refractivity (Wildman–Crippen MR) is 119 cm³/mol. The topological polar surface area (TPSA) is 98.6 Å². The third kappa shape index (κ3) is 3.14. The van der Waals surface area contributed by atoms with Gasteiger partial charge in [0.05, 0.1) is 17.9 Å². The van der Waals surface area contributed by atoms with E-state index in [0.29, 0.717) is 16.6 Å². The number of halogens is 1. The van der Waals surface area contributed by atoms with Crippen molar-refractivity contribution in [2.45, 2.75) is 39.3 Å². The Labute approximate surface area is 182 Å². The zero-order valence-corrected chi connectivity index (χ0v) is 18.1. The van der Waals surface area contributed by atoms with Crippen LogP contribution in [-0.2, 0) is 0 Å². The fourth-order valence-corrected chi connectivity index (χ4v) is 4.84. The highest BCUT2D eigenvalue weighted by Crippen LogP contribution is 2.42. The first-order chi connectivity index (χ1) is 15.0. The molecular weight excluding hydrogens is 415 g/mol. The molecule has 0 bridgehead atoms. The Kier molecular flexibility index (Phi) is 4.66. The Morgan fingerprint density at radius 1 is 1.19 bits per heavy atom. The van der Waals surface area contributed by atoms with Crippen LogP contribution in [0.4, 0.5) is 15.3 Å². The molecule has 0 fully saturated rings. The van der Waals surface area contributed by atoms with Gasteiger partial charge in [-0.05, 0) is 44.5 Å². The summed E-state index contributed by atoms with van der Waals surface area (Å²) >= 11 is 1.32. The molecule has 0 aliphatic carbocycles. The molecule has 1 atom stereocenters. The second kappa shape index (κ2) is 7.38. The number of benzene rings is 1. The van der Waals surface area contributed by atoms with Gasteiger partial charge in [-0.3, -0.25) is 4.57 Å². The summed E-state index contributed by atoms with van der Waals surface area (Å²) in [7, 11) is 0. The number of rotatable bonds is 4. The molecule has 5 rings (SSSR count). The van der Waals surface area contributed by atoms with Crippen molar-refractivity contribution < 1.29 is 4.39 Å². The minimum absolute atomic E-state index is 0.0563. The SMILES string of the molecule is CCC1c2nncn2-c2cnc(-c3sc(N)nc3-c3ccc(F)cc3)nc2N1C(C)C. The van der Waals surface area contributed by atoms with Gasteiger partial charge in [0, 0.05) is 11.6 Å². The Bertz CT molecular complexity index is 1250. The fourth-order valence-electron chi connectivity index (χ4n) is 4.04. The molecule has 1 aromatic carbocycles. The van der Waals surface area contributed by atoms with Gasteiger partial charge >= 0.3 is 0 Å². The predicted octanol–water partition coefficient (Wildman–Crippen LogP) is 4.25. The summed E-state index contributed by atoms with van der Waals surface area (Å²) in [4.78, 5) is 17.1. The first-order valence-electron chi connectivity index (χ1n) is 10.1. The summed E-state index contributed by atoms with van der Waals surface area (Å²) in [6, 6.07) is 6.43. The molecule has 158 valence electrons. The van der Waals surface area contributed by atoms with Gasteiger partial charge in [-0.1, -0.05) is 18.3 Å². The van der Waals surface area contributed by atoms with Crippen molar-refractivity contribution in [2.24, 2.45) is 0 Å². The third-order valence-electron chi connectivity index (χ3n) is 5.37. The summed E-state index contributed by atoms with van der Waals surface area (Å²) in [5.74, 6) is 1.93. The normalized spacial score (nSPS) is 15.3. The van der Waals surface area contributed by atoms with Gasteiger partial charge in [0.15, 0.2) is 22.6 Å². The lowest BCUT2D eigenvalue weighted by atomic mass is 10.1. The van der Waals surface area contributed by atoms with E-state index >= 15 is 0 Å². The number of nitrogens with two attached hydrogens (primary N) is 1. The third-order valence-corrected chi connectivity index (χ3v) is 6.25. The fraction of sp³-hybridized carbons (Fsp3) is 0.286. The number of hydrogen-bond acceptors (Lipinski definition) is 8. The second-order valence-corrected chi connectivity index (χ2v) is 8.65. The number of thiazole rings is 1. The van der Waals surface area contributed by atoms with Crippen molar-refractivity contribution in [1.82, 2.24) is 29.7 Å². The van der Waals surface area contributed by atoms with Gasteiger partial charge in [0.1, 0.15) is 22.7 Å². The molecule has 31 heavy (non-hydrogen) atoms. The molecule has 3 aromatic heterocycles. The van der Waals surface area contributed by atoms with Crippen molar-refractivity contribution >= 4 is 22.3 Å². The maximum atomic E-state index is 13.4. The van der Waals surface area contributed by atoms with Gasteiger partial charge in [-0.15, -0.1) is 10.2 Å². The zero-order chi connectivity index (χ0) is 21.7. The van der Waals surface area contributed by atoms with Gasteiger partial charge in [-0.25, -0.2) is 19.3 Å². The molecule has 4 aromatic rings. The van der Waals surface area contributed by atoms with E-state index in [2.05, 4.69) is 45.8 Å². The summed E-state index contributed by atoms with van der Waals surface area (Å²) in [6.45, 7) is 6.40. The van der Waals surface area contributed by atoms with Crippen LogP contribution >= 0.6 is 11.3 Å². The standard InChI is InChI=1S/C21H21FN8S/c1-4-14-20-28-25-10-29(20)15-9-24-18(27-19(15)30(14)11(2)3)17-16(26-21(23)31-17)12-5-7-13(22)8-6-12/h5-11,14H,4H2,1-3H3,(H2,23,26). The van der Waals surface area contributed by atoms with Gasteiger partial charge < -0.3 is 10.6 Å². The molecule has 1 aliphatic heterocycles. The number of anilines is 2. The molecular formula is C21H21FN8S. The van der Waals surface area contributed by atoms with E-state index in [-0.39, 0.29) is 17.9 Å². The van der Waals surface area contributed by atoms with E-state index in [1.807, 2.05) is 4.57 Å². The van der Waals surface area contributed by atoms with Crippen LogP contribution in [0.15, 0.2) is 36.8 Å². The number of aromatic nitrogens is 6. The molecule has 0 spiro atoms. The molecule has 0 saturated carbocycles. The quantitative estimate of drug-likeness (QED) is 0.511. The molecule has 0 saturated heterocycles. The lowest BCUT2D eigenvalue weighted by Crippen LogP contribution is -2.40. The number of fused-ring (bicyclic) bond motifs is 3. The van der Waals surface area contributed by atoms with Crippen molar-refractivity contribution in [3.05, 3.63) is 48.4 Å². The van der Waals surface area contributed by atoms with Crippen molar-refractivity contribution in [3.63, 3.8) is 0 Å². The molecule has 4 heterocycles. The molecule has 0 amide bonds. The van der Waals surface area contributed by atoms with E-state index in [0.717, 1.165) is 34.2 Å². The lowest BCUT2D eigenvalue weighted by molar-refractivity contribution is 0.497. The highest BCUT2D eigenvalue weighted by Gasteiger charge is 2.35. The van der Waals surface area contributed by atoms with Gasteiger partial charge in [0.25, 0.3) is 0 Å². The van der Waals surface area contributed by atoms with E-state index < -0.39 is 0 Å². The van der Waals surface area contributed by atoms with E-state index in [4.69, 9.17) is 10.7 Å². The molecule has 10 heteroatoms. The minimum atomic E-state index is -0.304. The van der Waals surface area contributed by atoms with Crippen LogP contribution in [0.5, 0.6) is 0 Å². The summed E-state index contributed by atoms with van der Waals surface area (Å²) in [5.41, 5.74) is 8.28. The lowest BCUT2D eigenvalue weighted by Gasteiger charge is -2.39. The Balaban J connectivity index is 1.69. The highest BCUT2D eigenvalue weighted by molar-refractivity contribution is 7.19. The van der Waals surface area contributed by atoms with Crippen LogP contribution in [0, 0.1) is 5.82 Å². The Morgan fingerprint density at radius 3 is 2.68 bits per heavy atom. The number of nitrogen functional groups attached to an aromatic ring is 1. The highest BCUT2D eigenvalue weighted by atomic mass is 32.1. The van der Waals surface area contributed by atoms with Gasteiger partial charge in [0.2, 0.25) is 0 Å². The van der Waals surface area contributed by atoms with E-state index in [1.165, 1.54) is 23.5 Å². The average Bonchev–Trinajstić information content (AvgIpc) is 3.39. The van der Waals surface area contributed by atoms with E-state index in [9.17, 15) is 4.39 Å². The largest absolute Gasteiger partial charge is 0.375 e. The molecule has 0 radical (unpaired) electrons. The Morgan fingerprint density at radius 2 is 1.97 bits per heavy atom. The average molecular weight is 437 g/mol. The number of hydrogen-bond donors (Lipinski definition) is 1. The monoisotopic (exact) mass is 436 g/mol. The maximum absolute atomic E-state index is 13.4. The van der Waals surface area contributed by atoms with Crippen molar-refractivity contribution in [1.29, 1.82) is 0 Å². The van der Waals surface area contributed by atoms with E-state index in [1.54, 1.807) is 24.7 Å².